The van der Waals surface area contributed by atoms with Crippen molar-refractivity contribution in [2.75, 3.05) is 0 Å². The number of hydrogen-bond donors (Lipinski definition) is 1. The zero-order valence-corrected chi connectivity index (χ0v) is 7.81. The van der Waals surface area contributed by atoms with Crippen molar-refractivity contribution in [3.63, 3.8) is 0 Å². The summed E-state index contributed by atoms with van der Waals surface area (Å²) in [7, 11) is 0. The molecule has 0 aromatic carbocycles. The van der Waals surface area contributed by atoms with Crippen LogP contribution in [0.5, 0.6) is 0 Å². The molecule has 0 saturated heterocycles. The van der Waals surface area contributed by atoms with E-state index >= 15 is 0 Å². The Morgan fingerprint density at radius 1 is 1.18 bits per heavy atom. The normalized spacial score (nSPS) is 13.4. The molecule has 0 saturated carbocycles. The van der Waals surface area contributed by atoms with Crippen molar-refractivity contribution in [2.45, 2.75) is 57.9 Å². The van der Waals surface area contributed by atoms with Gasteiger partial charge in [-0.1, -0.05) is 46.0 Å². The van der Waals surface area contributed by atoms with Gasteiger partial charge in [0, 0.05) is 6.04 Å². The van der Waals surface area contributed by atoms with Crippen molar-refractivity contribution in [3.05, 3.63) is 6.92 Å². The SMILES string of the molecule is [CH2]CCCC(N)CCCCC. The highest BCUT2D eigenvalue weighted by atomic mass is 14.6. The molecule has 0 aliphatic rings. The highest BCUT2D eigenvalue weighted by molar-refractivity contribution is 4.61. The van der Waals surface area contributed by atoms with Crippen LogP contribution >= 0.6 is 0 Å². The summed E-state index contributed by atoms with van der Waals surface area (Å²) in [6.45, 7) is 6.02. The molecule has 1 atom stereocenters. The maximum atomic E-state index is 5.87. The van der Waals surface area contributed by atoms with Gasteiger partial charge in [0.25, 0.3) is 0 Å². The van der Waals surface area contributed by atoms with Gasteiger partial charge in [-0.25, -0.2) is 0 Å². The van der Waals surface area contributed by atoms with Crippen LogP contribution in [-0.4, -0.2) is 6.04 Å². The van der Waals surface area contributed by atoms with E-state index in [1.54, 1.807) is 0 Å². The van der Waals surface area contributed by atoms with Crippen molar-refractivity contribution in [1.29, 1.82) is 0 Å². The molecule has 0 rings (SSSR count). The zero-order valence-electron chi connectivity index (χ0n) is 7.81. The summed E-state index contributed by atoms with van der Waals surface area (Å²) in [4.78, 5) is 0. The standard InChI is InChI=1S/C10H22N/c1-3-5-7-9-10(11)8-6-4-2/h10H,2-9,11H2,1H3. The van der Waals surface area contributed by atoms with Gasteiger partial charge >= 0.3 is 0 Å². The lowest BCUT2D eigenvalue weighted by Crippen LogP contribution is -2.19. The Balaban J connectivity index is 3.02. The molecule has 1 unspecified atom stereocenters. The van der Waals surface area contributed by atoms with Gasteiger partial charge in [-0.05, 0) is 12.8 Å². The lowest BCUT2D eigenvalue weighted by atomic mass is 10.0. The minimum absolute atomic E-state index is 0.434. The highest BCUT2D eigenvalue weighted by Gasteiger charge is 1.99. The van der Waals surface area contributed by atoms with Gasteiger partial charge < -0.3 is 5.73 Å². The maximum absolute atomic E-state index is 5.87. The lowest BCUT2D eigenvalue weighted by Gasteiger charge is -2.09. The number of hydrogen-bond acceptors (Lipinski definition) is 1. The molecule has 1 heteroatoms. The number of rotatable bonds is 7. The molecule has 0 fully saturated rings. The van der Waals surface area contributed by atoms with E-state index in [9.17, 15) is 0 Å². The quantitative estimate of drug-likeness (QED) is 0.563. The molecule has 0 amide bonds. The largest absolute Gasteiger partial charge is 0.328 e. The van der Waals surface area contributed by atoms with Crippen LogP contribution in [0.3, 0.4) is 0 Å². The molecule has 0 aromatic heterocycles. The van der Waals surface area contributed by atoms with E-state index in [-0.39, 0.29) is 0 Å². The molecule has 1 radical (unpaired) electrons. The van der Waals surface area contributed by atoms with Crippen molar-refractivity contribution < 1.29 is 0 Å². The lowest BCUT2D eigenvalue weighted by molar-refractivity contribution is 0.515. The maximum Gasteiger partial charge on any atom is 0.00388 e. The first-order valence-corrected chi connectivity index (χ1v) is 4.86. The van der Waals surface area contributed by atoms with E-state index in [1.165, 1.54) is 32.1 Å². The van der Waals surface area contributed by atoms with Crippen LogP contribution in [0.2, 0.25) is 0 Å². The minimum Gasteiger partial charge on any atom is -0.328 e. The Hall–Kier alpha value is -0.0400. The molecular weight excluding hydrogens is 134 g/mol. The van der Waals surface area contributed by atoms with E-state index in [0.29, 0.717) is 6.04 Å². The van der Waals surface area contributed by atoms with E-state index in [2.05, 4.69) is 13.8 Å². The Morgan fingerprint density at radius 3 is 2.36 bits per heavy atom. The average molecular weight is 156 g/mol. The smallest absolute Gasteiger partial charge is 0.00388 e. The van der Waals surface area contributed by atoms with E-state index in [4.69, 9.17) is 5.73 Å². The van der Waals surface area contributed by atoms with Crippen molar-refractivity contribution >= 4 is 0 Å². The summed E-state index contributed by atoms with van der Waals surface area (Å²) in [5.41, 5.74) is 5.87. The van der Waals surface area contributed by atoms with Gasteiger partial charge in [0.15, 0.2) is 0 Å². The van der Waals surface area contributed by atoms with Crippen molar-refractivity contribution in [3.8, 4) is 0 Å². The van der Waals surface area contributed by atoms with Crippen LogP contribution in [0.1, 0.15) is 51.9 Å². The summed E-state index contributed by atoms with van der Waals surface area (Å²) >= 11 is 0. The fourth-order valence-corrected chi connectivity index (χ4v) is 1.21. The monoisotopic (exact) mass is 156 g/mol. The third-order valence-electron chi connectivity index (χ3n) is 2.00. The van der Waals surface area contributed by atoms with Crippen LogP contribution in [0.15, 0.2) is 0 Å². The molecular formula is C10H22N. The Labute approximate surface area is 71.4 Å². The molecule has 2 N–H and O–H groups in total. The first-order chi connectivity index (χ1) is 5.31. The molecule has 11 heavy (non-hydrogen) atoms. The Kier molecular flexibility index (Phi) is 8.03. The summed E-state index contributed by atoms with van der Waals surface area (Å²) in [5, 5.41) is 0. The van der Waals surface area contributed by atoms with Crippen LogP contribution in [-0.2, 0) is 0 Å². The fraction of sp³-hybridized carbons (Fsp3) is 0.900. The van der Waals surface area contributed by atoms with Crippen LogP contribution in [0.4, 0.5) is 0 Å². The summed E-state index contributed by atoms with van der Waals surface area (Å²) < 4.78 is 0. The molecule has 0 bridgehead atoms. The van der Waals surface area contributed by atoms with Crippen molar-refractivity contribution in [1.82, 2.24) is 0 Å². The number of unbranched alkanes of at least 4 members (excludes halogenated alkanes) is 3. The average Bonchev–Trinajstić information content (AvgIpc) is 2.01. The number of nitrogens with two attached hydrogens (primary N) is 1. The predicted molar refractivity (Wildman–Crippen MR) is 51.3 cm³/mol. The van der Waals surface area contributed by atoms with Crippen molar-refractivity contribution in [2.24, 2.45) is 5.73 Å². The Bertz CT molecular complexity index is 71.3. The third kappa shape index (κ3) is 7.86. The summed E-state index contributed by atoms with van der Waals surface area (Å²) in [6, 6.07) is 0.434. The molecule has 0 spiro atoms. The van der Waals surface area contributed by atoms with Gasteiger partial charge in [0.2, 0.25) is 0 Å². The Morgan fingerprint density at radius 2 is 1.82 bits per heavy atom. The molecule has 0 aromatic rings. The molecule has 1 nitrogen and oxygen atoms in total. The minimum atomic E-state index is 0.434. The van der Waals surface area contributed by atoms with Gasteiger partial charge in [0.1, 0.15) is 0 Å². The zero-order chi connectivity index (χ0) is 8.53. The second-order valence-corrected chi connectivity index (χ2v) is 3.25. The molecule has 67 valence electrons. The molecule has 0 aliphatic carbocycles. The van der Waals surface area contributed by atoms with Crippen LogP contribution in [0, 0.1) is 6.92 Å². The van der Waals surface area contributed by atoms with Gasteiger partial charge in [-0.15, -0.1) is 0 Å². The second kappa shape index (κ2) is 8.06. The third-order valence-corrected chi connectivity index (χ3v) is 2.00. The summed E-state index contributed by atoms with van der Waals surface area (Å²) in [6.07, 6.45) is 8.50. The fourth-order valence-electron chi connectivity index (χ4n) is 1.21. The van der Waals surface area contributed by atoms with Crippen LogP contribution in [0.25, 0.3) is 0 Å². The molecule has 0 aliphatic heterocycles. The first kappa shape index (κ1) is 11.0. The second-order valence-electron chi connectivity index (χ2n) is 3.25. The highest BCUT2D eigenvalue weighted by Crippen LogP contribution is 2.06. The topological polar surface area (TPSA) is 26.0 Å². The van der Waals surface area contributed by atoms with Gasteiger partial charge in [0.05, 0.1) is 0 Å². The first-order valence-electron chi connectivity index (χ1n) is 4.86. The van der Waals surface area contributed by atoms with E-state index in [1.807, 2.05) is 0 Å². The van der Waals surface area contributed by atoms with E-state index in [0.717, 1.165) is 12.8 Å². The van der Waals surface area contributed by atoms with Gasteiger partial charge in [-0.3, -0.25) is 0 Å². The van der Waals surface area contributed by atoms with Gasteiger partial charge in [-0.2, -0.15) is 0 Å². The summed E-state index contributed by atoms with van der Waals surface area (Å²) in [5.74, 6) is 0. The molecule has 0 heterocycles. The van der Waals surface area contributed by atoms with Crippen LogP contribution < -0.4 is 5.73 Å². The predicted octanol–water partition coefficient (Wildman–Crippen LogP) is 2.90. The van der Waals surface area contributed by atoms with E-state index < -0.39 is 0 Å².